The SMILES string of the molecule is CCC(NC(=O)CC(C)C1CCNCC1)c1nccs1.Cl.Cl. The Bertz CT molecular complexity index is 411. The van der Waals surface area contributed by atoms with E-state index in [0.717, 1.165) is 24.5 Å². The van der Waals surface area contributed by atoms with E-state index in [1.54, 1.807) is 17.5 Å². The summed E-state index contributed by atoms with van der Waals surface area (Å²) in [6.07, 6.45) is 5.70. The van der Waals surface area contributed by atoms with E-state index in [2.05, 4.69) is 29.5 Å². The zero-order valence-corrected chi connectivity index (χ0v) is 15.7. The monoisotopic (exact) mass is 367 g/mol. The van der Waals surface area contributed by atoms with E-state index < -0.39 is 0 Å². The Morgan fingerprint density at radius 2 is 2.14 bits per heavy atom. The Kier molecular flexibility index (Phi) is 11.0. The molecule has 2 atom stereocenters. The topological polar surface area (TPSA) is 54.0 Å². The van der Waals surface area contributed by atoms with Gasteiger partial charge in [0, 0.05) is 18.0 Å². The Morgan fingerprint density at radius 3 is 2.68 bits per heavy atom. The van der Waals surface area contributed by atoms with Crippen LogP contribution in [0.4, 0.5) is 0 Å². The van der Waals surface area contributed by atoms with Crippen LogP contribution in [0.25, 0.3) is 0 Å². The predicted molar refractivity (Wildman–Crippen MR) is 97.2 cm³/mol. The Balaban J connectivity index is 0.00000220. The van der Waals surface area contributed by atoms with Crippen LogP contribution in [-0.4, -0.2) is 24.0 Å². The van der Waals surface area contributed by atoms with Crippen molar-refractivity contribution >= 4 is 42.1 Å². The van der Waals surface area contributed by atoms with Gasteiger partial charge in [-0.05, 0) is 44.2 Å². The Hall–Kier alpha value is -0.360. The van der Waals surface area contributed by atoms with Gasteiger partial charge in [0.25, 0.3) is 0 Å². The van der Waals surface area contributed by atoms with Gasteiger partial charge in [0.05, 0.1) is 6.04 Å². The predicted octanol–water partition coefficient (Wildman–Crippen LogP) is 3.58. The molecule has 128 valence electrons. The molecule has 0 saturated carbocycles. The van der Waals surface area contributed by atoms with Gasteiger partial charge < -0.3 is 10.6 Å². The third-order valence-corrected chi connectivity index (χ3v) is 5.08. The van der Waals surface area contributed by atoms with Crippen LogP contribution in [0.15, 0.2) is 11.6 Å². The van der Waals surface area contributed by atoms with Gasteiger partial charge in [-0.2, -0.15) is 0 Å². The second-order valence-electron chi connectivity index (χ2n) is 5.67. The second kappa shape index (κ2) is 11.2. The summed E-state index contributed by atoms with van der Waals surface area (Å²) >= 11 is 1.61. The smallest absolute Gasteiger partial charge is 0.220 e. The third-order valence-electron chi connectivity index (χ3n) is 4.19. The molecule has 1 aromatic heterocycles. The lowest BCUT2D eigenvalue weighted by Gasteiger charge is -2.28. The molecule has 1 fully saturated rings. The van der Waals surface area contributed by atoms with E-state index in [9.17, 15) is 4.79 Å². The fraction of sp³-hybridized carbons (Fsp3) is 0.733. The molecular weight excluding hydrogens is 341 g/mol. The molecule has 4 nitrogen and oxygen atoms in total. The van der Waals surface area contributed by atoms with Crippen molar-refractivity contribution in [2.45, 2.75) is 45.6 Å². The van der Waals surface area contributed by atoms with Crippen LogP contribution < -0.4 is 10.6 Å². The van der Waals surface area contributed by atoms with Crippen LogP contribution in [0.3, 0.4) is 0 Å². The van der Waals surface area contributed by atoms with E-state index in [1.165, 1.54) is 12.8 Å². The highest BCUT2D eigenvalue weighted by Gasteiger charge is 2.23. The van der Waals surface area contributed by atoms with Gasteiger partial charge in [-0.15, -0.1) is 36.2 Å². The van der Waals surface area contributed by atoms with Gasteiger partial charge in [-0.1, -0.05) is 13.8 Å². The molecule has 2 N–H and O–H groups in total. The lowest BCUT2D eigenvalue weighted by Crippen LogP contribution is -2.34. The first kappa shape index (κ1) is 21.6. The van der Waals surface area contributed by atoms with Crippen molar-refractivity contribution in [3.63, 3.8) is 0 Å². The first-order valence-electron chi connectivity index (χ1n) is 7.60. The van der Waals surface area contributed by atoms with Gasteiger partial charge in [-0.3, -0.25) is 4.79 Å². The number of aromatic nitrogens is 1. The normalized spacial score (nSPS) is 17.7. The largest absolute Gasteiger partial charge is 0.347 e. The van der Waals surface area contributed by atoms with Crippen molar-refractivity contribution in [1.82, 2.24) is 15.6 Å². The maximum absolute atomic E-state index is 12.2. The number of hydrogen-bond donors (Lipinski definition) is 2. The number of amides is 1. The van der Waals surface area contributed by atoms with E-state index in [4.69, 9.17) is 0 Å². The summed E-state index contributed by atoms with van der Waals surface area (Å²) in [5.41, 5.74) is 0. The number of thiazole rings is 1. The molecule has 2 rings (SSSR count). The zero-order valence-electron chi connectivity index (χ0n) is 13.2. The number of hydrogen-bond acceptors (Lipinski definition) is 4. The van der Waals surface area contributed by atoms with E-state index in [1.807, 2.05) is 5.38 Å². The van der Waals surface area contributed by atoms with Crippen molar-refractivity contribution < 1.29 is 4.79 Å². The van der Waals surface area contributed by atoms with Crippen molar-refractivity contribution in [2.24, 2.45) is 11.8 Å². The Morgan fingerprint density at radius 1 is 1.45 bits per heavy atom. The number of nitrogens with one attached hydrogen (secondary N) is 2. The average molecular weight is 368 g/mol. The van der Waals surface area contributed by atoms with Gasteiger partial charge in [0.1, 0.15) is 5.01 Å². The fourth-order valence-electron chi connectivity index (χ4n) is 2.87. The highest BCUT2D eigenvalue weighted by molar-refractivity contribution is 7.09. The molecule has 1 aromatic rings. The fourth-order valence-corrected chi connectivity index (χ4v) is 3.64. The highest BCUT2D eigenvalue weighted by atomic mass is 35.5. The van der Waals surface area contributed by atoms with Gasteiger partial charge in [0.15, 0.2) is 0 Å². The second-order valence-corrected chi connectivity index (χ2v) is 6.59. The summed E-state index contributed by atoms with van der Waals surface area (Å²) in [6.45, 7) is 6.48. The third kappa shape index (κ3) is 6.41. The molecule has 22 heavy (non-hydrogen) atoms. The lowest BCUT2D eigenvalue weighted by atomic mass is 9.84. The molecule has 0 aromatic carbocycles. The minimum absolute atomic E-state index is 0. The summed E-state index contributed by atoms with van der Waals surface area (Å²) in [6, 6.07) is 0.0720. The minimum atomic E-state index is 0. The number of rotatable bonds is 6. The van der Waals surface area contributed by atoms with Crippen LogP contribution in [0.5, 0.6) is 0 Å². The Labute approximate surface area is 149 Å². The molecule has 0 aliphatic carbocycles. The average Bonchev–Trinajstić information content (AvgIpc) is 2.99. The number of nitrogens with zero attached hydrogens (tertiary/aromatic N) is 1. The summed E-state index contributed by atoms with van der Waals surface area (Å²) in [5, 5.41) is 9.48. The van der Waals surface area contributed by atoms with Crippen LogP contribution in [0.1, 0.15) is 50.6 Å². The maximum Gasteiger partial charge on any atom is 0.220 e. The number of carbonyl (C=O) groups excluding carboxylic acids is 1. The zero-order chi connectivity index (χ0) is 14.4. The molecule has 1 aliphatic rings. The molecule has 2 unspecified atom stereocenters. The molecule has 1 aliphatic heterocycles. The van der Waals surface area contributed by atoms with Crippen LogP contribution in [0.2, 0.25) is 0 Å². The van der Waals surface area contributed by atoms with Crippen LogP contribution in [0, 0.1) is 11.8 Å². The maximum atomic E-state index is 12.2. The van der Waals surface area contributed by atoms with Crippen LogP contribution in [-0.2, 0) is 4.79 Å². The van der Waals surface area contributed by atoms with Gasteiger partial charge in [0.2, 0.25) is 5.91 Å². The molecule has 0 radical (unpaired) electrons. The molecule has 1 saturated heterocycles. The first-order valence-corrected chi connectivity index (χ1v) is 8.48. The lowest BCUT2D eigenvalue weighted by molar-refractivity contribution is -0.123. The standard InChI is InChI=1S/C15H25N3OS.2ClH/c1-3-13(15-17-8-9-20-15)18-14(19)10-11(2)12-4-6-16-7-5-12;;/h8-9,11-13,16H,3-7,10H2,1-2H3,(H,18,19);2*1H. The van der Waals surface area contributed by atoms with Gasteiger partial charge in [-0.25, -0.2) is 4.98 Å². The molecule has 7 heteroatoms. The quantitative estimate of drug-likeness (QED) is 0.807. The number of piperidine rings is 1. The molecule has 0 bridgehead atoms. The first-order chi connectivity index (χ1) is 9.70. The summed E-state index contributed by atoms with van der Waals surface area (Å²) in [7, 11) is 0. The molecule has 0 spiro atoms. The van der Waals surface area contributed by atoms with Crippen molar-refractivity contribution in [3.8, 4) is 0 Å². The van der Waals surface area contributed by atoms with Crippen LogP contribution >= 0.6 is 36.2 Å². The van der Waals surface area contributed by atoms with Crippen molar-refractivity contribution in [2.75, 3.05) is 13.1 Å². The van der Waals surface area contributed by atoms with E-state index in [-0.39, 0.29) is 36.8 Å². The van der Waals surface area contributed by atoms with E-state index in [0.29, 0.717) is 18.3 Å². The number of carbonyl (C=O) groups is 1. The summed E-state index contributed by atoms with van der Waals surface area (Å²) in [4.78, 5) is 16.5. The van der Waals surface area contributed by atoms with Gasteiger partial charge >= 0.3 is 0 Å². The molecular formula is C15H27Cl2N3OS. The highest BCUT2D eigenvalue weighted by Crippen LogP contribution is 2.25. The van der Waals surface area contributed by atoms with Crippen molar-refractivity contribution in [3.05, 3.63) is 16.6 Å². The minimum Gasteiger partial charge on any atom is -0.347 e. The number of halogens is 2. The van der Waals surface area contributed by atoms with E-state index >= 15 is 0 Å². The summed E-state index contributed by atoms with van der Waals surface area (Å²) < 4.78 is 0. The van der Waals surface area contributed by atoms with Crippen molar-refractivity contribution in [1.29, 1.82) is 0 Å². The molecule has 2 heterocycles. The molecule has 1 amide bonds. The summed E-state index contributed by atoms with van der Waals surface area (Å²) in [5.74, 6) is 1.31.